The summed E-state index contributed by atoms with van der Waals surface area (Å²) < 4.78 is 10.6. The lowest BCUT2D eigenvalue weighted by molar-refractivity contribution is 1.14. The van der Waals surface area contributed by atoms with E-state index < -0.39 is 0 Å². The normalized spacial score (nSPS) is 13.0. The predicted molar refractivity (Wildman–Crippen MR) is 361 cm³/mol. The summed E-state index contributed by atoms with van der Waals surface area (Å²) in [4.78, 5) is 0. The van der Waals surface area contributed by atoms with Crippen LogP contribution in [-0.2, 0) is 0 Å². The molecule has 0 atom stereocenters. The Morgan fingerprint density at radius 1 is 0.241 bits per heavy atom. The molecule has 15 aromatic carbocycles. The van der Waals surface area contributed by atoms with E-state index in [1.54, 1.807) is 0 Å². The molecule has 0 N–H and O–H groups in total. The van der Waals surface area contributed by atoms with Crippen molar-refractivity contribution >= 4 is 194 Å². The number of aromatic nitrogens is 2. The minimum Gasteiger partial charge on any atom is -0.310 e. The van der Waals surface area contributed by atoms with Gasteiger partial charge in [0.2, 0.25) is 0 Å². The van der Waals surface area contributed by atoms with E-state index in [2.05, 4.69) is 258 Å². The molecule has 4 aromatic heterocycles. The average molecular weight is 1080 g/mol. The zero-order valence-corrected chi connectivity index (χ0v) is 46.1. The maximum absolute atomic E-state index is 2.69. The first kappa shape index (κ1) is 43.7. The highest BCUT2D eigenvalue weighted by Gasteiger charge is 2.42. The molecule has 0 aliphatic carbocycles. The van der Waals surface area contributed by atoms with Crippen molar-refractivity contribution in [2.24, 2.45) is 0 Å². The van der Waals surface area contributed by atoms with E-state index in [0.29, 0.717) is 0 Å². The molecule has 0 saturated heterocycles. The maximum Gasteiger partial charge on any atom is 0.252 e. The molecule has 21 rings (SSSR count). The monoisotopic (exact) mass is 1080 g/mol. The van der Waals surface area contributed by atoms with Crippen molar-refractivity contribution in [3.8, 4) is 33.6 Å². The van der Waals surface area contributed by atoms with Crippen LogP contribution >= 0.6 is 22.7 Å². The summed E-state index contributed by atoms with van der Waals surface area (Å²) in [5.41, 5.74) is 16.6. The Labute approximate surface area is 482 Å². The predicted octanol–water partition coefficient (Wildman–Crippen LogP) is 20.0. The molecule has 19 aromatic rings. The molecular weight excluding hydrogens is 1040 g/mol. The summed E-state index contributed by atoms with van der Waals surface area (Å²) in [6.07, 6.45) is 0. The number of benzene rings is 15. The zero-order valence-electron chi connectivity index (χ0n) is 44.5. The summed E-state index contributed by atoms with van der Waals surface area (Å²) in [5, 5.41) is 26.0. The van der Waals surface area contributed by atoms with Crippen LogP contribution in [0, 0.1) is 0 Å². The molecule has 378 valence electrons. The third kappa shape index (κ3) is 5.51. The van der Waals surface area contributed by atoms with Crippen LogP contribution in [-0.4, -0.2) is 15.8 Å². The fourth-order valence-electron chi connectivity index (χ4n) is 16.0. The molecule has 2 nitrogen and oxygen atoms in total. The second kappa shape index (κ2) is 15.5. The van der Waals surface area contributed by atoms with Crippen LogP contribution < -0.4 is 16.4 Å². The van der Waals surface area contributed by atoms with Gasteiger partial charge in [0.15, 0.2) is 0 Å². The van der Waals surface area contributed by atoms with Gasteiger partial charge < -0.3 is 9.13 Å². The molecule has 5 heteroatoms. The SMILES string of the molecule is c1cc2c3c(c1)-n1c4cc5c6ccccc6c6ccccc6c5cc4c4c5c6ccccc6c6ccccc6c5cc(c41)B3c1cc(-c3ccc4c(c3)sc3ccccc34)cc3c4cc(-c5ccc6c(c5)sc5ccccc56)ccc4n-2c13. The van der Waals surface area contributed by atoms with Crippen molar-refractivity contribution in [2.45, 2.75) is 0 Å². The van der Waals surface area contributed by atoms with Gasteiger partial charge >= 0.3 is 0 Å². The highest BCUT2D eigenvalue weighted by Crippen LogP contribution is 2.49. The molecule has 0 saturated carbocycles. The molecule has 0 spiro atoms. The van der Waals surface area contributed by atoms with Gasteiger partial charge in [-0.25, -0.2) is 0 Å². The number of nitrogens with zero attached hydrogens (tertiary/aromatic N) is 2. The van der Waals surface area contributed by atoms with E-state index >= 15 is 0 Å². The molecule has 2 aliphatic heterocycles. The highest BCUT2D eigenvalue weighted by molar-refractivity contribution is 7.26. The van der Waals surface area contributed by atoms with Crippen molar-refractivity contribution in [3.63, 3.8) is 0 Å². The van der Waals surface area contributed by atoms with Crippen LogP contribution in [0.4, 0.5) is 0 Å². The Balaban J connectivity index is 0.928. The summed E-state index contributed by atoms with van der Waals surface area (Å²) in [6, 6.07) is 95.7. The van der Waals surface area contributed by atoms with Crippen LogP contribution in [0.5, 0.6) is 0 Å². The molecule has 0 fully saturated rings. The summed E-state index contributed by atoms with van der Waals surface area (Å²) in [6.45, 7) is -0.0756. The first-order valence-electron chi connectivity index (χ1n) is 28.8. The first-order chi connectivity index (χ1) is 41.2. The maximum atomic E-state index is 2.69. The van der Waals surface area contributed by atoms with E-state index in [4.69, 9.17) is 0 Å². The molecule has 0 bridgehead atoms. The molecule has 0 unspecified atom stereocenters. The molecule has 83 heavy (non-hydrogen) atoms. The van der Waals surface area contributed by atoms with Crippen molar-refractivity contribution in [3.05, 3.63) is 249 Å². The number of rotatable bonds is 2. The van der Waals surface area contributed by atoms with Gasteiger partial charge in [0.25, 0.3) is 6.71 Å². The van der Waals surface area contributed by atoms with Gasteiger partial charge in [0, 0.05) is 84.2 Å². The minimum absolute atomic E-state index is 0.0756. The Bertz CT molecular complexity index is 6270. The first-order valence-corrected chi connectivity index (χ1v) is 30.5. The van der Waals surface area contributed by atoms with Crippen LogP contribution in [0.25, 0.3) is 182 Å². The standard InChI is InChI=1S/C78H41BN2S2/c1-4-18-50-46(14-1)47-15-2-5-19-51(47)59-41-69-63(39-58(50)59)75-74-57-23-8-7-17-49(57)48-16-3-6-20-52(48)61(74)40-65-78(75)81(69)68-25-13-24-67-76(68)79(65)64-36-45(44-29-32-56-54-22-10-12-27-71(54)83-73(56)38-44)35-62-60-34-42(30-33-66(60)80(67)77(62)64)43-28-31-55-53-21-9-11-26-70(53)82-72(55)37-43/h1-41H. The molecule has 6 heterocycles. The summed E-state index contributed by atoms with van der Waals surface area (Å²) >= 11 is 3.79. The Hall–Kier alpha value is -10.0. The Morgan fingerprint density at radius 2 is 0.699 bits per heavy atom. The minimum atomic E-state index is -0.0756. The van der Waals surface area contributed by atoms with Gasteiger partial charge in [0.1, 0.15) is 0 Å². The lowest BCUT2D eigenvalue weighted by atomic mass is 9.34. The van der Waals surface area contributed by atoms with Gasteiger partial charge in [-0.15, -0.1) is 22.7 Å². The fraction of sp³-hybridized carbons (Fsp3) is 0. The highest BCUT2D eigenvalue weighted by atomic mass is 32.1. The van der Waals surface area contributed by atoms with Crippen molar-refractivity contribution in [1.82, 2.24) is 9.13 Å². The van der Waals surface area contributed by atoms with Crippen molar-refractivity contribution < 1.29 is 0 Å². The van der Waals surface area contributed by atoms with E-state index in [1.165, 1.54) is 199 Å². The van der Waals surface area contributed by atoms with Crippen LogP contribution in [0.1, 0.15) is 0 Å². The number of hydrogen-bond acceptors (Lipinski definition) is 2. The topological polar surface area (TPSA) is 9.86 Å². The second-order valence-electron chi connectivity index (χ2n) is 23.3. The molecule has 2 aliphatic rings. The second-order valence-corrected chi connectivity index (χ2v) is 25.5. The molecule has 0 radical (unpaired) electrons. The third-order valence-corrected chi connectivity index (χ3v) is 21.7. The van der Waals surface area contributed by atoms with Crippen molar-refractivity contribution in [1.29, 1.82) is 0 Å². The largest absolute Gasteiger partial charge is 0.310 e. The van der Waals surface area contributed by atoms with E-state index in [-0.39, 0.29) is 6.71 Å². The Morgan fingerprint density at radius 3 is 1.33 bits per heavy atom. The van der Waals surface area contributed by atoms with Crippen LogP contribution in [0.2, 0.25) is 0 Å². The van der Waals surface area contributed by atoms with E-state index in [9.17, 15) is 0 Å². The number of hydrogen-bond donors (Lipinski definition) is 0. The lowest BCUT2D eigenvalue weighted by Crippen LogP contribution is -2.59. The van der Waals surface area contributed by atoms with Gasteiger partial charge in [-0.1, -0.05) is 182 Å². The van der Waals surface area contributed by atoms with Crippen molar-refractivity contribution in [2.75, 3.05) is 0 Å². The van der Waals surface area contributed by atoms with E-state index in [1.807, 2.05) is 22.7 Å². The quantitative estimate of drug-likeness (QED) is 0.121. The smallest absolute Gasteiger partial charge is 0.252 e. The lowest BCUT2D eigenvalue weighted by Gasteiger charge is -2.34. The summed E-state index contributed by atoms with van der Waals surface area (Å²) in [5.74, 6) is 0. The van der Waals surface area contributed by atoms with Gasteiger partial charge in [0.05, 0.1) is 16.6 Å². The fourth-order valence-corrected chi connectivity index (χ4v) is 18.3. The van der Waals surface area contributed by atoms with E-state index in [0.717, 1.165) is 0 Å². The van der Waals surface area contributed by atoms with Crippen LogP contribution in [0.15, 0.2) is 249 Å². The van der Waals surface area contributed by atoms with Gasteiger partial charge in [-0.2, -0.15) is 0 Å². The van der Waals surface area contributed by atoms with Crippen LogP contribution in [0.3, 0.4) is 0 Å². The number of fused-ring (bicyclic) bond motifs is 29. The van der Waals surface area contributed by atoms with Gasteiger partial charge in [-0.05, 0) is 165 Å². The molecular formula is C78H41BN2S2. The number of thiophene rings is 2. The summed E-state index contributed by atoms with van der Waals surface area (Å²) in [7, 11) is 0. The zero-order chi connectivity index (χ0) is 53.5. The molecule has 0 amide bonds. The Kier molecular flexibility index (Phi) is 8.16. The third-order valence-electron chi connectivity index (χ3n) is 19.4. The van der Waals surface area contributed by atoms with Gasteiger partial charge in [-0.3, -0.25) is 0 Å². The average Bonchev–Trinajstić information content (AvgIpc) is 2.36.